The molecule has 1 aromatic heterocycles. The molecule has 6 nitrogen and oxygen atoms in total. The molecule has 1 aromatic carbocycles. The normalized spacial score (nSPS) is 14.9. The Labute approximate surface area is 140 Å². The van der Waals surface area contributed by atoms with Crippen molar-refractivity contribution < 1.29 is 9.59 Å². The van der Waals surface area contributed by atoms with Crippen LogP contribution in [-0.4, -0.2) is 41.0 Å². The van der Waals surface area contributed by atoms with Crippen LogP contribution in [0.5, 0.6) is 0 Å². The Kier molecular flexibility index (Phi) is 5.05. The lowest BCUT2D eigenvalue weighted by molar-refractivity contribution is 0.0919. The fourth-order valence-corrected chi connectivity index (χ4v) is 2.72. The summed E-state index contributed by atoms with van der Waals surface area (Å²) in [5.74, 6) is -0.0612. The van der Waals surface area contributed by atoms with E-state index in [1.807, 2.05) is 18.2 Å². The van der Waals surface area contributed by atoms with Gasteiger partial charge in [-0.1, -0.05) is 18.2 Å². The molecule has 2 N–H and O–H groups in total. The zero-order chi connectivity index (χ0) is 16.8. The Balaban J connectivity index is 1.47. The summed E-state index contributed by atoms with van der Waals surface area (Å²) in [6.07, 6.45) is 4.78. The van der Waals surface area contributed by atoms with E-state index in [-0.39, 0.29) is 18.0 Å². The number of urea groups is 1. The number of hydrogen-bond acceptors (Lipinski definition) is 3. The van der Waals surface area contributed by atoms with Gasteiger partial charge < -0.3 is 15.5 Å². The van der Waals surface area contributed by atoms with Crippen LogP contribution in [-0.2, 0) is 0 Å². The smallest absolute Gasteiger partial charge is 0.321 e. The summed E-state index contributed by atoms with van der Waals surface area (Å²) in [5.41, 5.74) is 1.34. The van der Waals surface area contributed by atoms with E-state index >= 15 is 0 Å². The Hall–Kier alpha value is -2.89. The summed E-state index contributed by atoms with van der Waals surface area (Å²) in [6.45, 7) is 1.23. The van der Waals surface area contributed by atoms with Gasteiger partial charge in [-0.2, -0.15) is 0 Å². The molecule has 2 heterocycles. The van der Waals surface area contributed by atoms with Crippen molar-refractivity contribution in [2.45, 2.75) is 18.9 Å². The molecule has 1 saturated heterocycles. The first-order valence-corrected chi connectivity index (χ1v) is 8.04. The Morgan fingerprint density at radius 2 is 1.79 bits per heavy atom. The van der Waals surface area contributed by atoms with Gasteiger partial charge in [0, 0.05) is 30.9 Å². The lowest BCUT2D eigenvalue weighted by Crippen LogP contribution is -2.47. The molecule has 3 amide bonds. The number of carbonyl (C=O) groups excluding carboxylic acids is 2. The fourth-order valence-electron chi connectivity index (χ4n) is 2.72. The van der Waals surface area contributed by atoms with E-state index in [1.54, 1.807) is 41.6 Å². The number of pyridine rings is 1. The molecule has 24 heavy (non-hydrogen) atoms. The molecule has 2 aromatic rings. The number of rotatable bonds is 3. The molecular weight excluding hydrogens is 304 g/mol. The second-order valence-corrected chi connectivity index (χ2v) is 5.77. The van der Waals surface area contributed by atoms with Gasteiger partial charge in [0.25, 0.3) is 5.91 Å². The van der Waals surface area contributed by atoms with Crippen LogP contribution in [0.15, 0.2) is 54.9 Å². The molecular formula is C18H20N4O2. The predicted molar refractivity (Wildman–Crippen MR) is 91.8 cm³/mol. The molecule has 0 unspecified atom stereocenters. The van der Waals surface area contributed by atoms with Gasteiger partial charge in [-0.25, -0.2) is 4.79 Å². The molecule has 0 atom stereocenters. The summed E-state index contributed by atoms with van der Waals surface area (Å²) in [6, 6.07) is 12.7. The number of aromatic nitrogens is 1. The van der Waals surface area contributed by atoms with Crippen molar-refractivity contribution in [3.63, 3.8) is 0 Å². The minimum Gasteiger partial charge on any atom is -0.349 e. The van der Waals surface area contributed by atoms with Crippen LogP contribution in [0.3, 0.4) is 0 Å². The standard InChI is InChI=1S/C18H20N4O2/c23-17(14-5-2-1-3-6-14)20-15-8-11-22(12-9-15)18(24)21-16-7-4-10-19-13-16/h1-7,10,13,15H,8-9,11-12H2,(H,20,23)(H,21,24). The zero-order valence-electron chi connectivity index (χ0n) is 13.3. The first-order chi connectivity index (χ1) is 11.7. The number of benzene rings is 1. The van der Waals surface area contributed by atoms with Gasteiger partial charge in [0.05, 0.1) is 11.9 Å². The average Bonchev–Trinajstić information content (AvgIpc) is 2.64. The number of likely N-dealkylation sites (tertiary alicyclic amines) is 1. The second-order valence-electron chi connectivity index (χ2n) is 5.77. The molecule has 0 aliphatic carbocycles. The maximum atomic E-state index is 12.2. The Bertz CT molecular complexity index is 683. The van der Waals surface area contributed by atoms with Gasteiger partial charge in [-0.05, 0) is 37.1 Å². The SMILES string of the molecule is O=C(NC1CCN(C(=O)Nc2cccnc2)CC1)c1ccccc1. The number of hydrogen-bond donors (Lipinski definition) is 2. The van der Waals surface area contributed by atoms with Crippen LogP contribution in [0.4, 0.5) is 10.5 Å². The third-order valence-corrected chi connectivity index (χ3v) is 4.07. The van der Waals surface area contributed by atoms with Gasteiger partial charge in [0.15, 0.2) is 0 Å². The van der Waals surface area contributed by atoms with Crippen molar-refractivity contribution in [2.75, 3.05) is 18.4 Å². The number of anilines is 1. The minimum absolute atomic E-state index is 0.0612. The predicted octanol–water partition coefficient (Wildman–Crippen LogP) is 2.51. The maximum Gasteiger partial charge on any atom is 0.321 e. The first kappa shape index (κ1) is 16.0. The largest absolute Gasteiger partial charge is 0.349 e. The second kappa shape index (κ2) is 7.59. The van der Waals surface area contributed by atoms with Crippen LogP contribution in [0.2, 0.25) is 0 Å². The monoisotopic (exact) mass is 324 g/mol. The van der Waals surface area contributed by atoms with Crippen molar-refractivity contribution in [3.05, 3.63) is 60.4 Å². The Morgan fingerprint density at radius 3 is 2.46 bits per heavy atom. The van der Waals surface area contributed by atoms with E-state index in [0.29, 0.717) is 24.3 Å². The molecule has 0 saturated carbocycles. The molecule has 1 fully saturated rings. The highest BCUT2D eigenvalue weighted by atomic mass is 16.2. The number of amides is 3. The first-order valence-electron chi connectivity index (χ1n) is 8.04. The van der Waals surface area contributed by atoms with E-state index in [9.17, 15) is 9.59 Å². The number of piperidine rings is 1. The van der Waals surface area contributed by atoms with E-state index < -0.39 is 0 Å². The van der Waals surface area contributed by atoms with Crippen LogP contribution in [0.25, 0.3) is 0 Å². The van der Waals surface area contributed by atoms with Crippen molar-refractivity contribution >= 4 is 17.6 Å². The lowest BCUT2D eigenvalue weighted by atomic mass is 10.0. The minimum atomic E-state index is -0.129. The third-order valence-electron chi connectivity index (χ3n) is 4.07. The van der Waals surface area contributed by atoms with E-state index in [1.165, 1.54) is 0 Å². The zero-order valence-corrected chi connectivity index (χ0v) is 13.3. The van der Waals surface area contributed by atoms with Crippen LogP contribution in [0.1, 0.15) is 23.2 Å². The van der Waals surface area contributed by atoms with E-state index in [2.05, 4.69) is 15.6 Å². The molecule has 124 valence electrons. The van der Waals surface area contributed by atoms with Gasteiger partial charge in [0.1, 0.15) is 0 Å². The van der Waals surface area contributed by atoms with Crippen molar-refractivity contribution in [3.8, 4) is 0 Å². The molecule has 1 aliphatic heterocycles. The lowest BCUT2D eigenvalue weighted by Gasteiger charge is -2.32. The fraction of sp³-hybridized carbons (Fsp3) is 0.278. The van der Waals surface area contributed by atoms with Crippen LogP contribution < -0.4 is 10.6 Å². The summed E-state index contributed by atoms with van der Waals surface area (Å²) in [7, 11) is 0. The van der Waals surface area contributed by atoms with Crippen molar-refractivity contribution in [2.24, 2.45) is 0 Å². The quantitative estimate of drug-likeness (QED) is 0.911. The average molecular weight is 324 g/mol. The topological polar surface area (TPSA) is 74.3 Å². The number of carbonyl (C=O) groups is 2. The van der Waals surface area contributed by atoms with Crippen LogP contribution >= 0.6 is 0 Å². The summed E-state index contributed by atoms with van der Waals surface area (Å²) < 4.78 is 0. The van der Waals surface area contributed by atoms with Gasteiger partial charge in [-0.15, -0.1) is 0 Å². The summed E-state index contributed by atoms with van der Waals surface area (Å²) >= 11 is 0. The molecule has 0 spiro atoms. The Morgan fingerprint density at radius 1 is 1.04 bits per heavy atom. The van der Waals surface area contributed by atoms with Gasteiger partial charge >= 0.3 is 6.03 Å². The maximum absolute atomic E-state index is 12.2. The highest BCUT2D eigenvalue weighted by molar-refractivity contribution is 5.94. The van der Waals surface area contributed by atoms with Gasteiger partial charge in [0.2, 0.25) is 0 Å². The molecule has 3 rings (SSSR count). The van der Waals surface area contributed by atoms with Crippen LogP contribution in [0, 0.1) is 0 Å². The van der Waals surface area contributed by atoms with E-state index in [4.69, 9.17) is 0 Å². The molecule has 0 radical (unpaired) electrons. The highest BCUT2D eigenvalue weighted by Crippen LogP contribution is 2.13. The van der Waals surface area contributed by atoms with Crippen molar-refractivity contribution in [1.82, 2.24) is 15.2 Å². The molecule has 0 bridgehead atoms. The molecule has 6 heteroatoms. The third kappa shape index (κ3) is 4.10. The highest BCUT2D eigenvalue weighted by Gasteiger charge is 2.24. The van der Waals surface area contributed by atoms with Gasteiger partial charge in [-0.3, -0.25) is 9.78 Å². The van der Waals surface area contributed by atoms with E-state index in [0.717, 1.165) is 12.8 Å². The summed E-state index contributed by atoms with van der Waals surface area (Å²) in [4.78, 5) is 30.1. The number of nitrogens with one attached hydrogen (secondary N) is 2. The van der Waals surface area contributed by atoms with Crippen molar-refractivity contribution in [1.29, 1.82) is 0 Å². The number of nitrogens with zero attached hydrogens (tertiary/aromatic N) is 2. The molecule has 1 aliphatic rings. The summed E-state index contributed by atoms with van der Waals surface area (Å²) in [5, 5.41) is 5.87.